The number of nitriles is 1. The van der Waals surface area contributed by atoms with Crippen LogP contribution in [-0.2, 0) is 9.53 Å². The van der Waals surface area contributed by atoms with E-state index in [1.54, 1.807) is 13.0 Å². The van der Waals surface area contributed by atoms with Crippen molar-refractivity contribution >= 4 is 23.6 Å². The summed E-state index contributed by atoms with van der Waals surface area (Å²) < 4.78 is 9.63. The molecule has 1 heterocycles. The van der Waals surface area contributed by atoms with Crippen LogP contribution in [-0.4, -0.2) is 41.0 Å². The van der Waals surface area contributed by atoms with E-state index in [1.165, 1.54) is 0 Å². The zero-order valence-electron chi connectivity index (χ0n) is 9.50. The topological polar surface area (TPSA) is 118 Å². The van der Waals surface area contributed by atoms with Crippen LogP contribution >= 0.6 is 11.8 Å². The van der Waals surface area contributed by atoms with Gasteiger partial charge in [0.05, 0.1) is 18.4 Å². The third-order valence-corrected chi connectivity index (χ3v) is 2.37. The number of hydrogen-bond donors (Lipinski definition) is 1. The second kappa shape index (κ2) is 7.29. The molecular weight excluding hydrogens is 260 g/mol. The molecule has 0 aliphatic rings. The van der Waals surface area contributed by atoms with Crippen LogP contribution in [0.25, 0.3) is 0 Å². The summed E-state index contributed by atoms with van der Waals surface area (Å²) in [4.78, 5) is 22.3. The highest BCUT2D eigenvalue weighted by molar-refractivity contribution is 7.99. The first-order valence-corrected chi connectivity index (χ1v) is 5.93. The molecule has 0 atom stereocenters. The fourth-order valence-electron chi connectivity index (χ4n) is 0.860. The largest absolute Gasteiger partial charge is 0.459 e. The Morgan fingerprint density at radius 2 is 2.33 bits per heavy atom. The summed E-state index contributed by atoms with van der Waals surface area (Å²) in [5.74, 6) is -1.27. The number of esters is 1. The zero-order chi connectivity index (χ0) is 13.4. The van der Waals surface area contributed by atoms with Crippen molar-refractivity contribution in [3.05, 3.63) is 5.89 Å². The average molecular weight is 270 g/mol. The van der Waals surface area contributed by atoms with Crippen molar-refractivity contribution in [2.75, 3.05) is 18.9 Å². The van der Waals surface area contributed by atoms with Crippen LogP contribution in [0.4, 0.5) is 0 Å². The summed E-state index contributed by atoms with van der Waals surface area (Å²) in [6.07, 6.45) is 0. The highest BCUT2D eigenvalue weighted by Crippen LogP contribution is 2.15. The number of thioether (sulfide) groups is 1. The van der Waals surface area contributed by atoms with E-state index in [1.807, 2.05) is 0 Å². The smallest absolute Gasteiger partial charge is 0.396 e. The maximum Gasteiger partial charge on any atom is 0.396 e. The van der Waals surface area contributed by atoms with E-state index >= 15 is 0 Å². The molecule has 0 aliphatic heterocycles. The van der Waals surface area contributed by atoms with Crippen molar-refractivity contribution < 1.29 is 18.7 Å². The summed E-state index contributed by atoms with van der Waals surface area (Å²) in [6.45, 7) is 1.81. The molecule has 0 aliphatic carbocycles. The van der Waals surface area contributed by atoms with Crippen LogP contribution in [0.5, 0.6) is 0 Å². The Morgan fingerprint density at radius 3 is 3.00 bits per heavy atom. The van der Waals surface area contributed by atoms with Crippen LogP contribution in [0.3, 0.4) is 0 Å². The van der Waals surface area contributed by atoms with E-state index in [-0.39, 0.29) is 35.9 Å². The molecule has 0 fully saturated rings. The summed E-state index contributed by atoms with van der Waals surface area (Å²) in [5, 5.41) is 17.7. The standard InChI is InChI=1S/C9H10N4O4S/c1-2-16-8(15)7-12-13-9(17-7)18-5-6(14)11-4-3-10/h2,4-5H2,1H3,(H,11,14). The minimum Gasteiger partial charge on any atom is -0.459 e. The number of aromatic nitrogens is 2. The van der Waals surface area contributed by atoms with Crippen LogP contribution < -0.4 is 5.32 Å². The summed E-state index contributed by atoms with van der Waals surface area (Å²) in [6, 6.07) is 1.78. The first-order chi connectivity index (χ1) is 8.67. The molecule has 0 spiro atoms. The fraction of sp³-hybridized carbons (Fsp3) is 0.444. The lowest BCUT2D eigenvalue weighted by molar-refractivity contribution is -0.118. The third kappa shape index (κ3) is 4.42. The Hall–Kier alpha value is -2.08. The molecule has 0 radical (unpaired) electrons. The van der Waals surface area contributed by atoms with Gasteiger partial charge in [0.15, 0.2) is 0 Å². The molecule has 1 rings (SSSR count). The van der Waals surface area contributed by atoms with Gasteiger partial charge in [-0.3, -0.25) is 4.79 Å². The van der Waals surface area contributed by atoms with Crippen LogP contribution in [0.1, 0.15) is 17.6 Å². The molecule has 18 heavy (non-hydrogen) atoms. The van der Waals surface area contributed by atoms with Gasteiger partial charge in [-0.2, -0.15) is 5.26 Å². The van der Waals surface area contributed by atoms with Gasteiger partial charge in [-0.1, -0.05) is 16.9 Å². The van der Waals surface area contributed by atoms with E-state index in [0.29, 0.717) is 0 Å². The number of nitrogens with one attached hydrogen (secondary N) is 1. The van der Waals surface area contributed by atoms with Crippen molar-refractivity contribution in [1.82, 2.24) is 15.5 Å². The summed E-state index contributed by atoms with van der Waals surface area (Å²) >= 11 is 0.966. The van der Waals surface area contributed by atoms with Gasteiger partial charge in [0.2, 0.25) is 5.91 Å². The molecule has 1 N–H and O–H groups in total. The number of rotatable bonds is 6. The Morgan fingerprint density at radius 1 is 1.56 bits per heavy atom. The molecule has 96 valence electrons. The van der Waals surface area contributed by atoms with E-state index in [2.05, 4.69) is 20.3 Å². The van der Waals surface area contributed by atoms with Crippen molar-refractivity contribution in [3.63, 3.8) is 0 Å². The van der Waals surface area contributed by atoms with Crippen LogP contribution in [0.2, 0.25) is 0 Å². The maximum absolute atomic E-state index is 11.2. The number of carbonyl (C=O) groups excluding carboxylic acids is 2. The van der Waals surface area contributed by atoms with Gasteiger partial charge in [-0.05, 0) is 6.92 Å². The number of hydrogen-bond acceptors (Lipinski definition) is 8. The SMILES string of the molecule is CCOC(=O)c1nnc(SCC(=O)NCC#N)o1. The van der Waals surface area contributed by atoms with Gasteiger partial charge in [-0.25, -0.2) is 4.79 Å². The van der Waals surface area contributed by atoms with Gasteiger partial charge in [0.25, 0.3) is 5.22 Å². The number of amides is 1. The molecule has 9 heteroatoms. The van der Waals surface area contributed by atoms with Gasteiger partial charge >= 0.3 is 11.9 Å². The number of ether oxygens (including phenoxy) is 1. The Labute approximate surface area is 107 Å². The minimum absolute atomic E-state index is 0.0200. The second-order valence-corrected chi connectivity index (χ2v) is 3.74. The molecular formula is C9H10N4O4S. The predicted octanol–water partition coefficient (Wildman–Crippen LogP) is -0.0218. The van der Waals surface area contributed by atoms with Gasteiger partial charge in [-0.15, -0.1) is 5.10 Å². The number of nitrogens with zero attached hydrogens (tertiary/aromatic N) is 3. The zero-order valence-corrected chi connectivity index (χ0v) is 10.3. The molecule has 1 aromatic heterocycles. The van der Waals surface area contributed by atoms with Crippen LogP contribution in [0.15, 0.2) is 9.64 Å². The maximum atomic E-state index is 11.2. The first kappa shape index (κ1) is 14.0. The lowest BCUT2D eigenvalue weighted by Crippen LogP contribution is -2.25. The Bertz CT molecular complexity index is 467. The average Bonchev–Trinajstić information content (AvgIpc) is 2.83. The highest BCUT2D eigenvalue weighted by Gasteiger charge is 2.16. The molecule has 8 nitrogen and oxygen atoms in total. The third-order valence-electron chi connectivity index (χ3n) is 1.55. The quantitative estimate of drug-likeness (QED) is 0.435. The van der Waals surface area contributed by atoms with E-state index < -0.39 is 5.97 Å². The van der Waals surface area contributed by atoms with Crippen molar-refractivity contribution in [2.45, 2.75) is 12.1 Å². The number of carbonyl (C=O) groups is 2. The fourth-order valence-corrected chi connectivity index (χ4v) is 1.45. The molecule has 1 amide bonds. The lowest BCUT2D eigenvalue weighted by atomic mass is 10.6. The van der Waals surface area contributed by atoms with E-state index in [0.717, 1.165) is 11.8 Å². The Kier molecular flexibility index (Phi) is 5.66. The van der Waals surface area contributed by atoms with Crippen molar-refractivity contribution in [2.24, 2.45) is 0 Å². The van der Waals surface area contributed by atoms with E-state index in [4.69, 9.17) is 9.68 Å². The second-order valence-electron chi connectivity index (χ2n) is 2.82. The first-order valence-electron chi connectivity index (χ1n) is 4.94. The molecule has 0 bridgehead atoms. The monoisotopic (exact) mass is 270 g/mol. The normalized spacial score (nSPS) is 9.56. The molecule has 1 aromatic rings. The minimum atomic E-state index is -0.703. The van der Waals surface area contributed by atoms with Crippen molar-refractivity contribution in [1.29, 1.82) is 5.26 Å². The highest BCUT2D eigenvalue weighted by atomic mass is 32.2. The molecule has 0 unspecified atom stereocenters. The Balaban J connectivity index is 2.42. The van der Waals surface area contributed by atoms with Gasteiger partial charge < -0.3 is 14.5 Å². The van der Waals surface area contributed by atoms with Gasteiger partial charge in [0, 0.05) is 0 Å². The molecule has 0 saturated heterocycles. The lowest BCUT2D eigenvalue weighted by Gasteiger charge is -1.97. The van der Waals surface area contributed by atoms with Gasteiger partial charge in [0.1, 0.15) is 6.54 Å². The van der Waals surface area contributed by atoms with E-state index in [9.17, 15) is 9.59 Å². The van der Waals surface area contributed by atoms with Crippen LogP contribution in [0, 0.1) is 11.3 Å². The molecule has 0 aromatic carbocycles. The molecule has 0 saturated carbocycles. The van der Waals surface area contributed by atoms with Crippen molar-refractivity contribution in [3.8, 4) is 6.07 Å². The summed E-state index contributed by atoms with van der Waals surface area (Å²) in [5.41, 5.74) is 0. The predicted molar refractivity (Wildman–Crippen MR) is 59.6 cm³/mol. The summed E-state index contributed by atoms with van der Waals surface area (Å²) in [7, 11) is 0.